The number of likely N-dealkylation sites (tertiary alicyclic amines) is 1. The summed E-state index contributed by atoms with van der Waals surface area (Å²) in [5, 5.41) is 9.48. The lowest BCUT2D eigenvalue weighted by molar-refractivity contribution is -0.149. The van der Waals surface area contributed by atoms with Gasteiger partial charge in [0.2, 0.25) is 5.91 Å². The SMILES string of the molecule is O=C(O)C1CC2CCCCC2N1C(=O)C1CCCCS1. The molecule has 0 aromatic heterocycles. The van der Waals surface area contributed by atoms with E-state index in [1.54, 1.807) is 16.7 Å². The Labute approximate surface area is 124 Å². The monoisotopic (exact) mass is 297 g/mol. The molecule has 0 aromatic carbocycles. The lowest BCUT2D eigenvalue weighted by Gasteiger charge is -2.35. The van der Waals surface area contributed by atoms with Gasteiger partial charge >= 0.3 is 5.97 Å². The summed E-state index contributed by atoms with van der Waals surface area (Å²) in [5.41, 5.74) is 0. The van der Waals surface area contributed by atoms with E-state index in [4.69, 9.17) is 0 Å². The smallest absolute Gasteiger partial charge is 0.326 e. The van der Waals surface area contributed by atoms with Crippen molar-refractivity contribution >= 4 is 23.6 Å². The first-order valence-electron chi connectivity index (χ1n) is 7.85. The minimum atomic E-state index is -0.812. The Hall–Kier alpha value is -0.710. The maximum Gasteiger partial charge on any atom is 0.326 e. The lowest BCUT2D eigenvalue weighted by atomic mass is 9.84. The van der Waals surface area contributed by atoms with Crippen LogP contribution in [-0.4, -0.2) is 45.0 Å². The van der Waals surface area contributed by atoms with Gasteiger partial charge in [0.25, 0.3) is 0 Å². The molecule has 4 nitrogen and oxygen atoms in total. The highest BCUT2D eigenvalue weighted by Crippen LogP contribution is 2.41. The summed E-state index contributed by atoms with van der Waals surface area (Å²) < 4.78 is 0. The number of hydrogen-bond acceptors (Lipinski definition) is 3. The Morgan fingerprint density at radius 2 is 1.80 bits per heavy atom. The van der Waals surface area contributed by atoms with Crippen LogP contribution in [0.2, 0.25) is 0 Å². The number of rotatable bonds is 2. The predicted octanol–water partition coefficient (Wildman–Crippen LogP) is 2.52. The molecule has 2 heterocycles. The van der Waals surface area contributed by atoms with Gasteiger partial charge in [0.1, 0.15) is 6.04 Å². The predicted molar refractivity (Wildman–Crippen MR) is 78.7 cm³/mol. The standard InChI is InChI=1S/C15H23NO3S/c17-14(13-7-3-4-8-20-13)16-11-6-2-1-5-10(11)9-12(16)15(18)19/h10-13H,1-9H2,(H,18,19). The quantitative estimate of drug-likeness (QED) is 0.851. The number of carbonyl (C=O) groups excluding carboxylic acids is 1. The Balaban J connectivity index is 1.79. The molecule has 1 N–H and O–H groups in total. The first-order chi connectivity index (χ1) is 9.68. The van der Waals surface area contributed by atoms with Crippen molar-refractivity contribution in [1.29, 1.82) is 0 Å². The average Bonchev–Trinajstić information content (AvgIpc) is 2.87. The number of hydrogen-bond donors (Lipinski definition) is 1. The average molecular weight is 297 g/mol. The number of carboxylic acids is 1. The molecule has 0 spiro atoms. The molecule has 1 amide bonds. The second kappa shape index (κ2) is 5.96. The van der Waals surface area contributed by atoms with Crippen LogP contribution in [0.5, 0.6) is 0 Å². The van der Waals surface area contributed by atoms with Gasteiger partial charge in [-0.25, -0.2) is 4.79 Å². The zero-order valence-electron chi connectivity index (χ0n) is 11.8. The molecule has 0 aromatic rings. The van der Waals surface area contributed by atoms with Crippen molar-refractivity contribution in [3.05, 3.63) is 0 Å². The number of carbonyl (C=O) groups is 2. The Bertz CT molecular complexity index is 395. The second-order valence-electron chi connectivity index (χ2n) is 6.30. The van der Waals surface area contributed by atoms with E-state index in [9.17, 15) is 14.7 Å². The highest BCUT2D eigenvalue weighted by atomic mass is 32.2. The van der Waals surface area contributed by atoms with Gasteiger partial charge in [0, 0.05) is 6.04 Å². The highest BCUT2D eigenvalue weighted by Gasteiger charge is 2.48. The van der Waals surface area contributed by atoms with Crippen LogP contribution in [0.15, 0.2) is 0 Å². The van der Waals surface area contributed by atoms with E-state index in [2.05, 4.69) is 0 Å². The molecule has 1 aliphatic carbocycles. The van der Waals surface area contributed by atoms with E-state index in [1.807, 2.05) is 0 Å². The molecular weight excluding hydrogens is 274 g/mol. The van der Waals surface area contributed by atoms with Crippen molar-refractivity contribution in [2.75, 3.05) is 5.75 Å². The summed E-state index contributed by atoms with van der Waals surface area (Å²) in [6.07, 6.45) is 8.29. The normalized spacial score (nSPS) is 37.5. The minimum Gasteiger partial charge on any atom is -0.480 e. The van der Waals surface area contributed by atoms with Crippen LogP contribution in [0.3, 0.4) is 0 Å². The highest BCUT2D eigenvalue weighted by molar-refractivity contribution is 8.00. The van der Waals surface area contributed by atoms with E-state index in [0.717, 1.165) is 37.9 Å². The third-order valence-electron chi connectivity index (χ3n) is 5.08. The molecule has 4 atom stereocenters. The molecule has 1 saturated carbocycles. The molecule has 5 heteroatoms. The van der Waals surface area contributed by atoms with Crippen molar-refractivity contribution in [1.82, 2.24) is 4.90 Å². The van der Waals surface area contributed by atoms with Gasteiger partial charge in [-0.2, -0.15) is 0 Å². The molecular formula is C15H23NO3S. The van der Waals surface area contributed by atoms with Gasteiger partial charge in [-0.15, -0.1) is 11.8 Å². The fourth-order valence-corrected chi connectivity index (χ4v) is 5.35. The van der Waals surface area contributed by atoms with E-state index in [0.29, 0.717) is 12.3 Å². The molecule has 112 valence electrons. The molecule has 0 bridgehead atoms. The topological polar surface area (TPSA) is 57.6 Å². The van der Waals surface area contributed by atoms with E-state index < -0.39 is 12.0 Å². The second-order valence-corrected chi connectivity index (χ2v) is 7.61. The largest absolute Gasteiger partial charge is 0.480 e. The Morgan fingerprint density at radius 1 is 1.05 bits per heavy atom. The fraction of sp³-hybridized carbons (Fsp3) is 0.867. The van der Waals surface area contributed by atoms with Crippen molar-refractivity contribution < 1.29 is 14.7 Å². The molecule has 20 heavy (non-hydrogen) atoms. The van der Waals surface area contributed by atoms with E-state index in [-0.39, 0.29) is 17.2 Å². The molecule has 0 radical (unpaired) electrons. The van der Waals surface area contributed by atoms with Crippen LogP contribution in [0.4, 0.5) is 0 Å². The van der Waals surface area contributed by atoms with Crippen LogP contribution in [0.1, 0.15) is 51.4 Å². The summed E-state index contributed by atoms with van der Waals surface area (Å²) in [4.78, 5) is 26.1. The summed E-state index contributed by atoms with van der Waals surface area (Å²) in [7, 11) is 0. The molecule has 3 rings (SSSR count). The third-order valence-corrected chi connectivity index (χ3v) is 6.45. The molecule has 2 aliphatic heterocycles. The van der Waals surface area contributed by atoms with Gasteiger partial charge in [-0.05, 0) is 43.8 Å². The lowest BCUT2D eigenvalue weighted by Crippen LogP contribution is -2.49. The van der Waals surface area contributed by atoms with Crippen LogP contribution in [-0.2, 0) is 9.59 Å². The summed E-state index contributed by atoms with van der Waals surface area (Å²) in [6.45, 7) is 0. The van der Waals surface area contributed by atoms with Crippen LogP contribution in [0.25, 0.3) is 0 Å². The first-order valence-corrected chi connectivity index (χ1v) is 8.90. The minimum absolute atomic E-state index is 0.00581. The maximum atomic E-state index is 12.8. The van der Waals surface area contributed by atoms with Crippen molar-refractivity contribution in [3.63, 3.8) is 0 Å². The third kappa shape index (κ3) is 2.57. The number of carboxylic acid groups (broad SMARTS) is 1. The number of aliphatic carboxylic acids is 1. The summed E-state index contributed by atoms with van der Waals surface area (Å²) in [5.74, 6) is 0.753. The number of amides is 1. The van der Waals surface area contributed by atoms with Crippen LogP contribution in [0, 0.1) is 5.92 Å². The zero-order chi connectivity index (χ0) is 14.1. The molecule has 4 unspecified atom stereocenters. The molecule has 3 aliphatic rings. The van der Waals surface area contributed by atoms with Gasteiger partial charge < -0.3 is 10.0 Å². The summed E-state index contributed by atoms with van der Waals surface area (Å²) >= 11 is 1.73. The van der Waals surface area contributed by atoms with Crippen LogP contribution < -0.4 is 0 Å². The molecule has 3 fully saturated rings. The van der Waals surface area contributed by atoms with Gasteiger partial charge in [-0.1, -0.05) is 19.3 Å². The van der Waals surface area contributed by atoms with Crippen molar-refractivity contribution in [2.45, 2.75) is 68.7 Å². The van der Waals surface area contributed by atoms with Gasteiger partial charge in [0.15, 0.2) is 0 Å². The van der Waals surface area contributed by atoms with Gasteiger partial charge in [-0.3, -0.25) is 4.79 Å². The number of fused-ring (bicyclic) bond motifs is 1. The zero-order valence-corrected chi connectivity index (χ0v) is 12.6. The Morgan fingerprint density at radius 3 is 2.50 bits per heavy atom. The molecule has 2 saturated heterocycles. The number of thioether (sulfide) groups is 1. The van der Waals surface area contributed by atoms with Crippen LogP contribution >= 0.6 is 11.8 Å². The van der Waals surface area contributed by atoms with E-state index >= 15 is 0 Å². The van der Waals surface area contributed by atoms with E-state index in [1.165, 1.54) is 12.8 Å². The number of nitrogens with zero attached hydrogens (tertiary/aromatic N) is 1. The van der Waals surface area contributed by atoms with Crippen molar-refractivity contribution in [3.8, 4) is 0 Å². The Kier molecular flexibility index (Phi) is 4.24. The van der Waals surface area contributed by atoms with Crippen molar-refractivity contribution in [2.24, 2.45) is 5.92 Å². The first kappa shape index (κ1) is 14.2. The fourth-order valence-electron chi connectivity index (χ4n) is 4.10. The van der Waals surface area contributed by atoms with Gasteiger partial charge in [0.05, 0.1) is 5.25 Å². The summed E-state index contributed by atoms with van der Waals surface area (Å²) in [6, 6.07) is -0.377. The maximum absolute atomic E-state index is 12.8.